The number of pyridine rings is 1. The van der Waals surface area contributed by atoms with Gasteiger partial charge in [-0.2, -0.15) is 0 Å². The minimum absolute atomic E-state index is 0.250. The summed E-state index contributed by atoms with van der Waals surface area (Å²) in [6.45, 7) is 0.227. The first-order valence-corrected chi connectivity index (χ1v) is 6.07. The summed E-state index contributed by atoms with van der Waals surface area (Å²) in [5, 5.41) is 6.89. The molecule has 0 radical (unpaired) electrons. The van der Waals surface area contributed by atoms with Crippen molar-refractivity contribution in [2.75, 3.05) is 14.2 Å². The monoisotopic (exact) mass is 291 g/mol. The molecule has 0 atom stereocenters. The molecule has 0 unspecified atom stereocenters. The van der Waals surface area contributed by atoms with Crippen molar-refractivity contribution in [1.29, 1.82) is 0 Å². The number of aromatic nitrogens is 1. The van der Waals surface area contributed by atoms with Crippen molar-refractivity contribution in [2.45, 2.75) is 6.61 Å². The number of rotatable bonds is 5. The van der Waals surface area contributed by atoms with Gasteiger partial charge < -0.3 is 19.3 Å². The second-order valence-electron chi connectivity index (χ2n) is 3.76. The average molecular weight is 291 g/mol. The molecule has 0 saturated heterocycles. The topological polar surface area (TPSA) is 77.9 Å². The fraction of sp³-hybridized carbons (Fsp3) is 0.200. The van der Waals surface area contributed by atoms with Crippen molar-refractivity contribution < 1.29 is 24.1 Å². The standard InChI is InChI=1S/C14H15NO3.CH2O2/c1-16-12-8-14(17-2)15-9-13(12)18-10-11-6-4-3-5-7-11;2-1-3/h3-9H,10H2,1-2H3;1H,(H,2,3). The van der Waals surface area contributed by atoms with Crippen LogP contribution in [0.5, 0.6) is 17.4 Å². The van der Waals surface area contributed by atoms with Crippen LogP contribution in [0.4, 0.5) is 0 Å². The maximum Gasteiger partial charge on any atom is 0.290 e. The minimum Gasteiger partial charge on any atom is -0.493 e. The molecule has 112 valence electrons. The average Bonchev–Trinajstić information content (AvgIpc) is 2.54. The van der Waals surface area contributed by atoms with E-state index < -0.39 is 0 Å². The van der Waals surface area contributed by atoms with Crippen molar-refractivity contribution in [1.82, 2.24) is 4.98 Å². The largest absolute Gasteiger partial charge is 0.493 e. The Morgan fingerprint density at radius 2 is 1.81 bits per heavy atom. The van der Waals surface area contributed by atoms with Crippen LogP contribution < -0.4 is 14.2 Å². The van der Waals surface area contributed by atoms with Crippen LogP contribution in [0.2, 0.25) is 0 Å². The van der Waals surface area contributed by atoms with Gasteiger partial charge in [-0.3, -0.25) is 4.79 Å². The van der Waals surface area contributed by atoms with Crippen molar-refractivity contribution in [3.8, 4) is 17.4 Å². The van der Waals surface area contributed by atoms with Gasteiger partial charge in [-0.15, -0.1) is 0 Å². The van der Waals surface area contributed by atoms with E-state index in [1.807, 2.05) is 30.3 Å². The van der Waals surface area contributed by atoms with Crippen LogP contribution in [-0.2, 0) is 11.4 Å². The maximum absolute atomic E-state index is 8.36. The van der Waals surface area contributed by atoms with Gasteiger partial charge in [0.15, 0.2) is 11.5 Å². The molecule has 6 nitrogen and oxygen atoms in total. The summed E-state index contributed by atoms with van der Waals surface area (Å²) in [5.41, 5.74) is 1.09. The number of benzene rings is 1. The molecule has 1 aromatic carbocycles. The molecule has 0 spiro atoms. The second kappa shape index (κ2) is 9.19. The van der Waals surface area contributed by atoms with E-state index in [1.54, 1.807) is 26.5 Å². The van der Waals surface area contributed by atoms with Crippen LogP contribution in [0.3, 0.4) is 0 Å². The van der Waals surface area contributed by atoms with E-state index >= 15 is 0 Å². The Hall–Kier alpha value is -2.76. The van der Waals surface area contributed by atoms with Crippen LogP contribution in [0.15, 0.2) is 42.6 Å². The summed E-state index contributed by atoms with van der Waals surface area (Å²) in [5.74, 6) is 1.71. The molecule has 0 aliphatic heterocycles. The van der Waals surface area contributed by atoms with Gasteiger partial charge in [-0.25, -0.2) is 4.98 Å². The van der Waals surface area contributed by atoms with E-state index in [1.165, 1.54) is 0 Å². The van der Waals surface area contributed by atoms with Gasteiger partial charge >= 0.3 is 0 Å². The Morgan fingerprint density at radius 3 is 2.38 bits per heavy atom. The lowest BCUT2D eigenvalue weighted by molar-refractivity contribution is -0.122. The van der Waals surface area contributed by atoms with E-state index in [-0.39, 0.29) is 6.47 Å². The Kier molecular flexibility index (Phi) is 7.13. The lowest BCUT2D eigenvalue weighted by Crippen LogP contribution is -1.99. The first-order valence-electron chi connectivity index (χ1n) is 6.07. The number of nitrogens with zero attached hydrogens (tertiary/aromatic N) is 1. The molecule has 1 aromatic heterocycles. The zero-order valence-electron chi connectivity index (χ0n) is 11.9. The van der Waals surface area contributed by atoms with Gasteiger partial charge in [0.2, 0.25) is 5.88 Å². The summed E-state index contributed by atoms with van der Waals surface area (Å²) in [6.07, 6.45) is 1.60. The van der Waals surface area contributed by atoms with E-state index in [0.717, 1.165) is 5.56 Å². The molecular weight excluding hydrogens is 274 g/mol. The fourth-order valence-corrected chi connectivity index (χ4v) is 1.52. The predicted molar refractivity (Wildman–Crippen MR) is 76.8 cm³/mol. The molecular formula is C15H17NO5. The molecule has 0 aliphatic rings. The molecule has 2 rings (SSSR count). The number of hydrogen-bond acceptors (Lipinski definition) is 5. The highest BCUT2D eigenvalue weighted by molar-refractivity contribution is 5.41. The zero-order valence-corrected chi connectivity index (χ0v) is 11.9. The molecule has 0 fully saturated rings. The fourth-order valence-electron chi connectivity index (χ4n) is 1.52. The predicted octanol–water partition coefficient (Wildman–Crippen LogP) is 2.38. The number of methoxy groups -OCH3 is 2. The summed E-state index contributed by atoms with van der Waals surface area (Å²) < 4.78 is 15.9. The summed E-state index contributed by atoms with van der Waals surface area (Å²) in [7, 11) is 3.15. The smallest absolute Gasteiger partial charge is 0.290 e. The number of carbonyl (C=O) groups is 1. The van der Waals surface area contributed by atoms with Gasteiger partial charge in [0.1, 0.15) is 6.61 Å². The lowest BCUT2D eigenvalue weighted by atomic mass is 10.2. The maximum atomic E-state index is 8.36. The molecule has 1 N–H and O–H groups in total. The lowest BCUT2D eigenvalue weighted by Gasteiger charge is -2.11. The van der Waals surface area contributed by atoms with Crippen LogP contribution >= 0.6 is 0 Å². The first kappa shape index (κ1) is 16.3. The van der Waals surface area contributed by atoms with E-state index in [2.05, 4.69) is 4.98 Å². The molecule has 2 aromatic rings. The quantitative estimate of drug-likeness (QED) is 0.852. The van der Waals surface area contributed by atoms with Gasteiger partial charge in [-0.05, 0) is 5.56 Å². The van der Waals surface area contributed by atoms with Gasteiger partial charge in [0.25, 0.3) is 6.47 Å². The summed E-state index contributed by atoms with van der Waals surface area (Å²) in [4.78, 5) is 12.5. The Morgan fingerprint density at radius 1 is 1.14 bits per heavy atom. The van der Waals surface area contributed by atoms with Crippen molar-refractivity contribution in [2.24, 2.45) is 0 Å². The van der Waals surface area contributed by atoms with E-state index in [0.29, 0.717) is 24.0 Å². The van der Waals surface area contributed by atoms with Crippen molar-refractivity contribution in [3.63, 3.8) is 0 Å². The van der Waals surface area contributed by atoms with Gasteiger partial charge in [0.05, 0.1) is 20.4 Å². The highest BCUT2D eigenvalue weighted by atomic mass is 16.5. The van der Waals surface area contributed by atoms with Gasteiger partial charge in [0, 0.05) is 6.07 Å². The molecule has 0 saturated carbocycles. The number of hydrogen-bond donors (Lipinski definition) is 1. The Balaban J connectivity index is 0.000000677. The van der Waals surface area contributed by atoms with E-state index in [9.17, 15) is 0 Å². The zero-order chi connectivity index (χ0) is 15.5. The van der Waals surface area contributed by atoms with Crippen molar-refractivity contribution >= 4 is 6.47 Å². The van der Waals surface area contributed by atoms with Crippen molar-refractivity contribution in [3.05, 3.63) is 48.2 Å². The number of carboxylic acid groups (broad SMARTS) is 1. The third kappa shape index (κ3) is 5.40. The third-order valence-electron chi connectivity index (χ3n) is 2.47. The normalized spacial score (nSPS) is 9.05. The molecule has 0 bridgehead atoms. The van der Waals surface area contributed by atoms with Gasteiger partial charge in [-0.1, -0.05) is 30.3 Å². The SMILES string of the molecule is COc1cc(OC)c(OCc2ccccc2)cn1.O=CO. The summed E-state index contributed by atoms with van der Waals surface area (Å²) in [6, 6.07) is 11.6. The van der Waals surface area contributed by atoms with Crippen LogP contribution in [0, 0.1) is 0 Å². The molecule has 6 heteroatoms. The minimum atomic E-state index is -0.250. The van der Waals surface area contributed by atoms with Crippen LogP contribution in [-0.4, -0.2) is 30.8 Å². The number of ether oxygens (including phenoxy) is 3. The second-order valence-corrected chi connectivity index (χ2v) is 3.76. The molecule has 0 amide bonds. The highest BCUT2D eigenvalue weighted by Gasteiger charge is 2.07. The highest BCUT2D eigenvalue weighted by Crippen LogP contribution is 2.29. The Labute approximate surface area is 122 Å². The Bertz CT molecular complexity index is 545. The molecule has 1 heterocycles. The van der Waals surface area contributed by atoms with Crippen LogP contribution in [0.25, 0.3) is 0 Å². The molecule has 0 aliphatic carbocycles. The summed E-state index contributed by atoms with van der Waals surface area (Å²) >= 11 is 0. The first-order chi connectivity index (χ1) is 10.2. The molecule has 21 heavy (non-hydrogen) atoms. The van der Waals surface area contributed by atoms with E-state index in [4.69, 9.17) is 24.1 Å². The van der Waals surface area contributed by atoms with Crippen LogP contribution in [0.1, 0.15) is 5.56 Å². The third-order valence-corrected chi connectivity index (χ3v) is 2.47.